The van der Waals surface area contributed by atoms with E-state index in [0.717, 1.165) is 40.7 Å². The lowest BCUT2D eigenvalue weighted by Gasteiger charge is -2.30. The van der Waals surface area contributed by atoms with E-state index in [2.05, 4.69) is 15.2 Å². The van der Waals surface area contributed by atoms with Gasteiger partial charge in [0, 0.05) is 24.0 Å². The number of aromatic nitrogens is 1. The molecule has 1 N–H and O–H groups in total. The fourth-order valence-corrected chi connectivity index (χ4v) is 3.95. The molecule has 0 radical (unpaired) electrons. The molecule has 1 aliphatic rings. The Kier molecular flexibility index (Phi) is 5.46. The number of rotatable bonds is 5. The molecule has 6 heteroatoms. The number of nitrogens with zero attached hydrogens (tertiary/aromatic N) is 2. The topological polar surface area (TPSA) is 54.5 Å². The second-order valence-electron chi connectivity index (χ2n) is 6.35. The summed E-state index contributed by atoms with van der Waals surface area (Å²) >= 11 is 1.56. The lowest BCUT2D eigenvalue weighted by molar-refractivity contribution is -0.115. The summed E-state index contributed by atoms with van der Waals surface area (Å²) in [6.07, 6.45) is 0.265. The SMILES string of the molecule is O=C(Cc1csc(-c2ccccc2)n1)Nc1ccccc1N1CCOCC1. The van der Waals surface area contributed by atoms with E-state index in [-0.39, 0.29) is 12.3 Å². The molecule has 0 unspecified atom stereocenters. The Balaban J connectivity index is 1.44. The van der Waals surface area contributed by atoms with Crippen molar-refractivity contribution in [2.24, 2.45) is 0 Å². The summed E-state index contributed by atoms with van der Waals surface area (Å²) in [5.41, 5.74) is 3.74. The van der Waals surface area contributed by atoms with Crippen molar-refractivity contribution >= 4 is 28.6 Å². The summed E-state index contributed by atoms with van der Waals surface area (Å²) in [5.74, 6) is -0.0550. The first-order chi connectivity index (χ1) is 13.3. The largest absolute Gasteiger partial charge is 0.378 e. The van der Waals surface area contributed by atoms with Gasteiger partial charge in [-0.2, -0.15) is 0 Å². The van der Waals surface area contributed by atoms with Crippen LogP contribution in [0.1, 0.15) is 5.69 Å². The van der Waals surface area contributed by atoms with Crippen LogP contribution in [0.3, 0.4) is 0 Å². The van der Waals surface area contributed by atoms with Crippen molar-refractivity contribution in [1.29, 1.82) is 0 Å². The van der Waals surface area contributed by atoms with Gasteiger partial charge in [-0.1, -0.05) is 42.5 Å². The van der Waals surface area contributed by atoms with Gasteiger partial charge < -0.3 is 15.0 Å². The van der Waals surface area contributed by atoms with E-state index in [4.69, 9.17) is 4.74 Å². The van der Waals surface area contributed by atoms with E-state index in [1.165, 1.54) is 0 Å². The molecule has 3 aromatic rings. The molecule has 0 bridgehead atoms. The molecule has 5 nitrogen and oxygen atoms in total. The maximum absolute atomic E-state index is 12.6. The van der Waals surface area contributed by atoms with Crippen molar-refractivity contribution in [3.05, 3.63) is 65.7 Å². The number of thiazole rings is 1. The molecule has 4 rings (SSSR count). The number of hydrogen-bond donors (Lipinski definition) is 1. The number of morpholine rings is 1. The molecular weight excluding hydrogens is 358 g/mol. The van der Waals surface area contributed by atoms with E-state index in [0.29, 0.717) is 13.2 Å². The van der Waals surface area contributed by atoms with Gasteiger partial charge in [0.25, 0.3) is 0 Å². The molecule has 2 aromatic carbocycles. The number of anilines is 2. The standard InChI is InChI=1S/C21H21N3O2S/c25-20(14-17-15-27-21(22-17)16-6-2-1-3-7-16)23-18-8-4-5-9-19(18)24-10-12-26-13-11-24/h1-9,15H,10-14H2,(H,23,25). The van der Waals surface area contributed by atoms with Crippen LogP contribution in [-0.4, -0.2) is 37.2 Å². The average Bonchev–Trinajstić information content (AvgIpc) is 3.18. The molecule has 0 aliphatic carbocycles. The zero-order valence-corrected chi connectivity index (χ0v) is 15.7. The summed E-state index contributed by atoms with van der Waals surface area (Å²) in [7, 11) is 0. The molecule has 0 saturated carbocycles. The monoisotopic (exact) mass is 379 g/mol. The molecular formula is C21H21N3O2S. The summed E-state index contributed by atoms with van der Waals surface area (Å²) < 4.78 is 5.42. The van der Waals surface area contributed by atoms with Gasteiger partial charge in [0.05, 0.1) is 36.7 Å². The zero-order valence-electron chi connectivity index (χ0n) is 14.9. The van der Waals surface area contributed by atoms with Crippen LogP contribution < -0.4 is 10.2 Å². The van der Waals surface area contributed by atoms with Crippen molar-refractivity contribution in [2.75, 3.05) is 36.5 Å². The highest BCUT2D eigenvalue weighted by Gasteiger charge is 2.16. The number of carbonyl (C=O) groups is 1. The Morgan fingerprint density at radius 2 is 1.81 bits per heavy atom. The normalized spacial score (nSPS) is 14.1. The maximum Gasteiger partial charge on any atom is 0.230 e. The quantitative estimate of drug-likeness (QED) is 0.732. The third kappa shape index (κ3) is 4.35. The predicted octanol–water partition coefficient (Wildman–Crippen LogP) is 3.83. The predicted molar refractivity (Wildman–Crippen MR) is 109 cm³/mol. The molecule has 1 fully saturated rings. The van der Waals surface area contributed by atoms with Crippen LogP contribution in [0.4, 0.5) is 11.4 Å². The van der Waals surface area contributed by atoms with Crippen LogP contribution in [0.2, 0.25) is 0 Å². The molecule has 1 aromatic heterocycles. The Morgan fingerprint density at radius 1 is 1.07 bits per heavy atom. The summed E-state index contributed by atoms with van der Waals surface area (Å²) in [5, 5.41) is 5.94. The van der Waals surface area contributed by atoms with Crippen LogP contribution >= 0.6 is 11.3 Å². The summed E-state index contributed by atoms with van der Waals surface area (Å²) in [6, 6.07) is 17.9. The van der Waals surface area contributed by atoms with Gasteiger partial charge in [0.1, 0.15) is 5.01 Å². The molecule has 0 atom stereocenters. The molecule has 27 heavy (non-hydrogen) atoms. The minimum absolute atomic E-state index is 0.0550. The molecule has 1 aliphatic heterocycles. The van der Waals surface area contributed by atoms with E-state index >= 15 is 0 Å². The Bertz CT molecular complexity index is 905. The number of para-hydroxylation sites is 2. The van der Waals surface area contributed by atoms with E-state index in [1.54, 1.807) is 11.3 Å². The van der Waals surface area contributed by atoms with E-state index in [1.807, 2.05) is 60.0 Å². The molecule has 138 valence electrons. The van der Waals surface area contributed by atoms with Crippen LogP contribution in [0.15, 0.2) is 60.0 Å². The van der Waals surface area contributed by atoms with E-state index in [9.17, 15) is 4.79 Å². The number of ether oxygens (including phenoxy) is 1. The zero-order chi connectivity index (χ0) is 18.5. The van der Waals surface area contributed by atoms with Gasteiger partial charge in [-0.3, -0.25) is 4.79 Å². The van der Waals surface area contributed by atoms with E-state index < -0.39 is 0 Å². The van der Waals surface area contributed by atoms with Crippen LogP contribution in [-0.2, 0) is 16.0 Å². The second-order valence-corrected chi connectivity index (χ2v) is 7.21. The maximum atomic E-state index is 12.6. The number of carbonyl (C=O) groups excluding carboxylic acids is 1. The van der Waals surface area contributed by atoms with Gasteiger partial charge >= 0.3 is 0 Å². The fraction of sp³-hybridized carbons (Fsp3) is 0.238. The van der Waals surface area contributed by atoms with Crippen LogP contribution in [0.25, 0.3) is 10.6 Å². The van der Waals surface area contributed by atoms with Gasteiger partial charge in [-0.05, 0) is 12.1 Å². The van der Waals surface area contributed by atoms with Crippen molar-refractivity contribution in [3.63, 3.8) is 0 Å². The van der Waals surface area contributed by atoms with Gasteiger partial charge in [-0.25, -0.2) is 4.98 Å². The lowest BCUT2D eigenvalue weighted by Crippen LogP contribution is -2.36. The molecule has 1 amide bonds. The van der Waals surface area contributed by atoms with Crippen LogP contribution in [0, 0.1) is 0 Å². The minimum Gasteiger partial charge on any atom is -0.378 e. The first-order valence-electron chi connectivity index (χ1n) is 9.01. The highest BCUT2D eigenvalue weighted by Crippen LogP contribution is 2.27. The number of amides is 1. The Hall–Kier alpha value is -2.70. The summed E-state index contributed by atoms with van der Waals surface area (Å²) in [6.45, 7) is 3.09. The third-order valence-electron chi connectivity index (χ3n) is 4.44. The molecule has 2 heterocycles. The number of nitrogens with one attached hydrogen (secondary N) is 1. The van der Waals surface area contributed by atoms with Crippen LogP contribution in [0.5, 0.6) is 0 Å². The van der Waals surface area contributed by atoms with Gasteiger partial charge in [0.2, 0.25) is 5.91 Å². The lowest BCUT2D eigenvalue weighted by atomic mass is 10.2. The van der Waals surface area contributed by atoms with Crippen molar-refractivity contribution in [3.8, 4) is 10.6 Å². The highest BCUT2D eigenvalue weighted by atomic mass is 32.1. The highest BCUT2D eigenvalue weighted by molar-refractivity contribution is 7.13. The third-order valence-corrected chi connectivity index (χ3v) is 5.38. The van der Waals surface area contributed by atoms with Crippen molar-refractivity contribution in [2.45, 2.75) is 6.42 Å². The summed E-state index contributed by atoms with van der Waals surface area (Å²) in [4.78, 5) is 19.4. The fourth-order valence-electron chi connectivity index (χ4n) is 3.12. The Morgan fingerprint density at radius 3 is 2.63 bits per heavy atom. The van der Waals surface area contributed by atoms with Gasteiger partial charge in [-0.15, -0.1) is 11.3 Å². The first-order valence-corrected chi connectivity index (χ1v) is 9.89. The van der Waals surface area contributed by atoms with Gasteiger partial charge in [0.15, 0.2) is 0 Å². The van der Waals surface area contributed by atoms with Crippen molar-refractivity contribution in [1.82, 2.24) is 4.98 Å². The second kappa shape index (κ2) is 8.33. The minimum atomic E-state index is -0.0550. The molecule has 0 spiro atoms. The van der Waals surface area contributed by atoms with Crippen molar-refractivity contribution < 1.29 is 9.53 Å². The first kappa shape index (κ1) is 17.7. The Labute approximate surface area is 162 Å². The average molecular weight is 379 g/mol. The number of hydrogen-bond acceptors (Lipinski definition) is 5. The smallest absolute Gasteiger partial charge is 0.230 e. The number of benzene rings is 2. The molecule has 1 saturated heterocycles.